The molecule has 1 aromatic carbocycles. The van der Waals surface area contributed by atoms with Gasteiger partial charge in [0, 0.05) is 13.6 Å². The van der Waals surface area contributed by atoms with Gasteiger partial charge in [0.2, 0.25) is 11.5 Å². The highest BCUT2D eigenvalue weighted by Gasteiger charge is 2.20. The SMILES string of the molecule is CN(Cc1ccc(F)cc1)C(=O)c1nonc1N. The maximum atomic E-state index is 12.7. The number of anilines is 1. The van der Waals surface area contributed by atoms with Crippen molar-refractivity contribution in [2.45, 2.75) is 6.54 Å². The van der Waals surface area contributed by atoms with Gasteiger partial charge >= 0.3 is 0 Å². The zero-order chi connectivity index (χ0) is 13.1. The van der Waals surface area contributed by atoms with Crippen LogP contribution in [-0.4, -0.2) is 28.2 Å². The second kappa shape index (κ2) is 4.82. The van der Waals surface area contributed by atoms with Crippen LogP contribution in [0.4, 0.5) is 10.2 Å². The molecule has 6 nitrogen and oxygen atoms in total. The van der Waals surface area contributed by atoms with E-state index in [4.69, 9.17) is 5.73 Å². The Labute approximate surface area is 102 Å². The molecule has 0 spiro atoms. The highest BCUT2D eigenvalue weighted by Crippen LogP contribution is 2.11. The van der Waals surface area contributed by atoms with Gasteiger partial charge in [-0.15, -0.1) is 0 Å². The summed E-state index contributed by atoms with van der Waals surface area (Å²) in [7, 11) is 1.58. The molecule has 94 valence electrons. The minimum absolute atomic E-state index is 0.0281. The highest BCUT2D eigenvalue weighted by atomic mass is 19.1. The fourth-order valence-electron chi connectivity index (χ4n) is 1.46. The van der Waals surface area contributed by atoms with Gasteiger partial charge in [-0.2, -0.15) is 0 Å². The van der Waals surface area contributed by atoms with Gasteiger partial charge in [-0.25, -0.2) is 9.02 Å². The summed E-state index contributed by atoms with van der Waals surface area (Å²) >= 11 is 0. The first-order valence-corrected chi connectivity index (χ1v) is 5.16. The maximum absolute atomic E-state index is 12.7. The van der Waals surface area contributed by atoms with Crippen molar-refractivity contribution in [3.63, 3.8) is 0 Å². The molecule has 0 aliphatic carbocycles. The number of halogens is 1. The van der Waals surface area contributed by atoms with E-state index < -0.39 is 5.91 Å². The van der Waals surface area contributed by atoms with Crippen LogP contribution in [0.5, 0.6) is 0 Å². The third-order valence-corrected chi connectivity index (χ3v) is 2.40. The number of nitrogens with two attached hydrogens (primary N) is 1. The van der Waals surface area contributed by atoms with Crippen LogP contribution in [0.15, 0.2) is 28.9 Å². The molecular formula is C11H11FN4O2. The van der Waals surface area contributed by atoms with Crippen molar-refractivity contribution in [2.75, 3.05) is 12.8 Å². The van der Waals surface area contributed by atoms with Crippen LogP contribution in [0.25, 0.3) is 0 Å². The second-order valence-corrected chi connectivity index (χ2v) is 3.79. The fourth-order valence-corrected chi connectivity index (χ4v) is 1.46. The number of aromatic nitrogens is 2. The quantitative estimate of drug-likeness (QED) is 0.880. The van der Waals surface area contributed by atoms with Crippen LogP contribution in [0.1, 0.15) is 16.1 Å². The van der Waals surface area contributed by atoms with Gasteiger partial charge in [0.05, 0.1) is 0 Å². The number of hydrogen-bond donors (Lipinski definition) is 1. The molecule has 0 bridgehead atoms. The Morgan fingerprint density at radius 3 is 2.61 bits per heavy atom. The molecule has 2 aromatic rings. The lowest BCUT2D eigenvalue weighted by Crippen LogP contribution is -2.27. The van der Waals surface area contributed by atoms with Crippen LogP contribution < -0.4 is 5.73 Å². The zero-order valence-electron chi connectivity index (χ0n) is 9.63. The minimum Gasteiger partial charge on any atom is -0.379 e. The third-order valence-electron chi connectivity index (χ3n) is 2.40. The lowest BCUT2D eigenvalue weighted by Gasteiger charge is -2.15. The summed E-state index contributed by atoms with van der Waals surface area (Å²) in [6.07, 6.45) is 0. The number of rotatable bonds is 3. The van der Waals surface area contributed by atoms with Crippen LogP contribution in [0.3, 0.4) is 0 Å². The molecule has 0 saturated carbocycles. The topological polar surface area (TPSA) is 85.2 Å². The van der Waals surface area contributed by atoms with Crippen molar-refractivity contribution in [3.05, 3.63) is 41.3 Å². The molecule has 18 heavy (non-hydrogen) atoms. The standard InChI is InChI=1S/C11H11FN4O2/c1-16(6-7-2-4-8(12)5-3-7)11(17)9-10(13)15-18-14-9/h2-5H,6H2,1H3,(H2,13,15). The first-order valence-electron chi connectivity index (χ1n) is 5.16. The van der Waals surface area contributed by atoms with Crippen molar-refractivity contribution in [2.24, 2.45) is 0 Å². The normalized spacial score (nSPS) is 10.3. The lowest BCUT2D eigenvalue weighted by molar-refractivity contribution is 0.0774. The van der Waals surface area contributed by atoms with E-state index >= 15 is 0 Å². The molecule has 1 amide bonds. The van der Waals surface area contributed by atoms with Crippen LogP contribution in [0, 0.1) is 5.82 Å². The number of nitrogens with zero attached hydrogens (tertiary/aromatic N) is 3. The van der Waals surface area contributed by atoms with E-state index in [0.717, 1.165) is 5.56 Å². The smallest absolute Gasteiger partial charge is 0.280 e. The number of benzene rings is 1. The average Bonchev–Trinajstić information content (AvgIpc) is 2.77. The maximum Gasteiger partial charge on any atom is 0.280 e. The van der Waals surface area contributed by atoms with Crippen molar-refractivity contribution in [1.29, 1.82) is 0 Å². The van der Waals surface area contributed by atoms with Crippen molar-refractivity contribution < 1.29 is 13.8 Å². The summed E-state index contributed by atoms with van der Waals surface area (Å²) < 4.78 is 17.1. The minimum atomic E-state index is -0.405. The van der Waals surface area contributed by atoms with Crippen LogP contribution in [0.2, 0.25) is 0 Å². The molecule has 0 saturated heterocycles. The van der Waals surface area contributed by atoms with Gasteiger partial charge in [-0.1, -0.05) is 12.1 Å². The van der Waals surface area contributed by atoms with Gasteiger partial charge in [0.25, 0.3) is 5.91 Å². The Morgan fingerprint density at radius 1 is 1.39 bits per heavy atom. The average molecular weight is 250 g/mol. The number of carbonyl (C=O) groups excluding carboxylic acids is 1. The molecule has 2 rings (SSSR count). The summed E-state index contributed by atoms with van der Waals surface area (Å²) in [5.74, 6) is -0.776. The van der Waals surface area contributed by atoms with E-state index in [2.05, 4.69) is 14.9 Å². The molecule has 2 N–H and O–H groups in total. The summed E-state index contributed by atoms with van der Waals surface area (Å²) in [5.41, 5.74) is 6.19. The van der Waals surface area contributed by atoms with E-state index in [-0.39, 0.29) is 17.3 Å². The van der Waals surface area contributed by atoms with Crippen LogP contribution >= 0.6 is 0 Å². The predicted octanol–water partition coefficient (Wildman–Crippen LogP) is 1.06. The molecule has 0 unspecified atom stereocenters. The number of amides is 1. The molecule has 7 heteroatoms. The second-order valence-electron chi connectivity index (χ2n) is 3.79. The predicted molar refractivity (Wildman–Crippen MR) is 60.9 cm³/mol. The van der Waals surface area contributed by atoms with Gasteiger partial charge in [0.1, 0.15) is 5.82 Å². The largest absolute Gasteiger partial charge is 0.379 e. The fraction of sp³-hybridized carbons (Fsp3) is 0.182. The first-order chi connectivity index (χ1) is 8.58. The first kappa shape index (κ1) is 12.0. The highest BCUT2D eigenvalue weighted by molar-refractivity contribution is 5.95. The molecule has 0 atom stereocenters. The van der Waals surface area contributed by atoms with Gasteiger partial charge in [-0.05, 0) is 28.0 Å². The van der Waals surface area contributed by atoms with E-state index in [1.165, 1.54) is 17.0 Å². The van der Waals surface area contributed by atoms with Gasteiger partial charge in [-0.3, -0.25) is 4.79 Å². The third kappa shape index (κ3) is 2.45. The Bertz CT molecular complexity index is 552. The van der Waals surface area contributed by atoms with Crippen molar-refractivity contribution in [3.8, 4) is 0 Å². The number of nitrogen functional groups attached to an aromatic ring is 1. The van der Waals surface area contributed by atoms with Crippen LogP contribution in [-0.2, 0) is 6.54 Å². The molecule has 1 aromatic heterocycles. The summed E-state index contributed by atoms with van der Waals surface area (Å²) in [4.78, 5) is 13.3. The van der Waals surface area contributed by atoms with Crippen molar-refractivity contribution >= 4 is 11.7 Å². The monoisotopic (exact) mass is 250 g/mol. The zero-order valence-corrected chi connectivity index (χ0v) is 9.63. The molecule has 0 aliphatic rings. The summed E-state index contributed by atoms with van der Waals surface area (Å²) in [5, 5.41) is 6.76. The summed E-state index contributed by atoms with van der Waals surface area (Å²) in [6.45, 7) is 0.311. The molecule has 0 radical (unpaired) electrons. The van der Waals surface area contributed by atoms with E-state index in [1.807, 2.05) is 0 Å². The Morgan fingerprint density at radius 2 is 2.06 bits per heavy atom. The van der Waals surface area contributed by atoms with Crippen molar-refractivity contribution in [1.82, 2.24) is 15.2 Å². The molecule has 0 fully saturated rings. The Balaban J connectivity index is 2.08. The summed E-state index contributed by atoms with van der Waals surface area (Å²) in [6, 6.07) is 5.87. The number of carbonyl (C=O) groups is 1. The van der Waals surface area contributed by atoms with E-state index in [0.29, 0.717) is 6.54 Å². The van der Waals surface area contributed by atoms with E-state index in [9.17, 15) is 9.18 Å². The lowest BCUT2D eigenvalue weighted by atomic mass is 10.2. The molecule has 0 aliphatic heterocycles. The van der Waals surface area contributed by atoms with E-state index in [1.54, 1.807) is 19.2 Å². The Kier molecular flexibility index (Phi) is 3.22. The van der Waals surface area contributed by atoms with Gasteiger partial charge < -0.3 is 10.6 Å². The number of hydrogen-bond acceptors (Lipinski definition) is 5. The molecule has 1 heterocycles. The Hall–Kier alpha value is -2.44. The molecular weight excluding hydrogens is 239 g/mol. The van der Waals surface area contributed by atoms with Gasteiger partial charge in [0.15, 0.2) is 0 Å².